The fraction of sp³-hybridized carbons (Fsp3) is 0.467. The Labute approximate surface area is 128 Å². The summed E-state index contributed by atoms with van der Waals surface area (Å²) in [5.74, 6) is 1.73. The highest BCUT2D eigenvalue weighted by molar-refractivity contribution is 7.98. The van der Waals surface area contributed by atoms with Crippen molar-refractivity contribution >= 4 is 11.8 Å². The van der Waals surface area contributed by atoms with Crippen LogP contribution in [-0.2, 0) is 12.2 Å². The molecule has 4 nitrogen and oxygen atoms in total. The van der Waals surface area contributed by atoms with E-state index in [1.54, 1.807) is 23.9 Å². The van der Waals surface area contributed by atoms with E-state index in [4.69, 9.17) is 4.52 Å². The molecule has 0 radical (unpaired) electrons. The van der Waals surface area contributed by atoms with Gasteiger partial charge >= 0.3 is 0 Å². The van der Waals surface area contributed by atoms with Crippen molar-refractivity contribution in [1.82, 2.24) is 15.5 Å². The van der Waals surface area contributed by atoms with Crippen LogP contribution in [0.3, 0.4) is 0 Å². The number of likely N-dealkylation sites (N-methyl/N-ethyl adjacent to an activating group) is 1. The predicted molar refractivity (Wildman–Crippen MR) is 81.7 cm³/mol. The summed E-state index contributed by atoms with van der Waals surface area (Å²) in [5.41, 5.74) is 0. The van der Waals surface area contributed by atoms with E-state index in [9.17, 15) is 4.39 Å². The molecule has 114 valence electrons. The van der Waals surface area contributed by atoms with Crippen LogP contribution in [-0.4, -0.2) is 22.7 Å². The van der Waals surface area contributed by atoms with E-state index in [2.05, 4.69) is 29.3 Å². The van der Waals surface area contributed by atoms with Crippen molar-refractivity contribution in [3.63, 3.8) is 0 Å². The highest BCUT2D eigenvalue weighted by Gasteiger charge is 2.12. The first-order valence-electron chi connectivity index (χ1n) is 7.14. The largest absolute Gasteiger partial charge is 0.339 e. The Balaban J connectivity index is 1.86. The van der Waals surface area contributed by atoms with Crippen molar-refractivity contribution in [2.75, 3.05) is 6.54 Å². The zero-order valence-corrected chi connectivity index (χ0v) is 13.1. The molecule has 0 saturated carbocycles. The van der Waals surface area contributed by atoms with Crippen molar-refractivity contribution in [2.24, 2.45) is 0 Å². The summed E-state index contributed by atoms with van der Waals surface area (Å²) in [7, 11) is 0. The van der Waals surface area contributed by atoms with Gasteiger partial charge in [0.1, 0.15) is 5.82 Å². The fourth-order valence-corrected chi connectivity index (χ4v) is 2.71. The lowest BCUT2D eigenvalue weighted by atomic mass is 10.1. The summed E-state index contributed by atoms with van der Waals surface area (Å²) in [6.45, 7) is 5.15. The van der Waals surface area contributed by atoms with Gasteiger partial charge in [-0.15, -0.1) is 11.8 Å². The third-order valence-electron chi connectivity index (χ3n) is 3.10. The number of nitrogens with one attached hydrogen (secondary N) is 1. The molecule has 0 spiro atoms. The van der Waals surface area contributed by atoms with Gasteiger partial charge in [0.25, 0.3) is 0 Å². The van der Waals surface area contributed by atoms with Crippen molar-refractivity contribution in [3.05, 3.63) is 41.8 Å². The molecule has 0 saturated heterocycles. The molecule has 1 heterocycles. The van der Waals surface area contributed by atoms with Gasteiger partial charge in [-0.3, -0.25) is 0 Å². The number of hydrogen-bond donors (Lipinski definition) is 1. The van der Waals surface area contributed by atoms with E-state index in [0.717, 1.165) is 24.3 Å². The molecule has 1 aromatic heterocycles. The van der Waals surface area contributed by atoms with Gasteiger partial charge in [-0.1, -0.05) is 19.0 Å². The van der Waals surface area contributed by atoms with Crippen LogP contribution in [0, 0.1) is 5.82 Å². The van der Waals surface area contributed by atoms with E-state index in [0.29, 0.717) is 23.5 Å². The lowest BCUT2D eigenvalue weighted by Crippen LogP contribution is -2.30. The topological polar surface area (TPSA) is 51.0 Å². The van der Waals surface area contributed by atoms with Gasteiger partial charge in [0, 0.05) is 17.4 Å². The maximum absolute atomic E-state index is 12.8. The molecule has 0 amide bonds. The van der Waals surface area contributed by atoms with Gasteiger partial charge in [0.15, 0.2) is 5.82 Å². The SMILES string of the molecule is CCNC(CC)Cc1nc(CSc2ccc(F)cc2)no1. The predicted octanol–water partition coefficient (Wildman–Crippen LogP) is 3.43. The van der Waals surface area contributed by atoms with Crippen LogP contribution in [0.4, 0.5) is 4.39 Å². The van der Waals surface area contributed by atoms with Crippen molar-refractivity contribution in [1.29, 1.82) is 0 Å². The third kappa shape index (κ3) is 5.13. The van der Waals surface area contributed by atoms with Crippen molar-refractivity contribution < 1.29 is 8.91 Å². The molecule has 0 bridgehead atoms. The first-order valence-corrected chi connectivity index (χ1v) is 8.13. The van der Waals surface area contributed by atoms with Gasteiger partial charge < -0.3 is 9.84 Å². The van der Waals surface area contributed by atoms with Gasteiger partial charge in [0.2, 0.25) is 5.89 Å². The molecule has 6 heteroatoms. The third-order valence-corrected chi connectivity index (χ3v) is 4.11. The van der Waals surface area contributed by atoms with Gasteiger partial charge in [0.05, 0.1) is 5.75 Å². The number of rotatable bonds is 8. The fourth-order valence-electron chi connectivity index (χ4n) is 1.97. The van der Waals surface area contributed by atoms with Crippen LogP contribution in [0.15, 0.2) is 33.7 Å². The van der Waals surface area contributed by atoms with Gasteiger partial charge in [-0.2, -0.15) is 4.98 Å². The van der Waals surface area contributed by atoms with Crippen molar-refractivity contribution in [3.8, 4) is 0 Å². The minimum atomic E-state index is -0.227. The van der Waals surface area contributed by atoms with Crippen LogP contribution in [0.5, 0.6) is 0 Å². The highest BCUT2D eigenvalue weighted by atomic mass is 32.2. The number of thioether (sulfide) groups is 1. The summed E-state index contributed by atoms with van der Waals surface area (Å²) in [6, 6.07) is 6.77. The van der Waals surface area contributed by atoms with E-state index in [1.165, 1.54) is 12.1 Å². The van der Waals surface area contributed by atoms with Gasteiger partial charge in [-0.05, 0) is 37.2 Å². The van der Waals surface area contributed by atoms with E-state index < -0.39 is 0 Å². The Morgan fingerprint density at radius 3 is 2.71 bits per heavy atom. The lowest BCUT2D eigenvalue weighted by molar-refractivity contribution is 0.352. The maximum atomic E-state index is 12.8. The molecule has 2 rings (SSSR count). The maximum Gasteiger partial charge on any atom is 0.228 e. The number of aromatic nitrogens is 2. The number of nitrogens with zero attached hydrogens (tertiary/aromatic N) is 2. The summed E-state index contributed by atoms with van der Waals surface area (Å²) in [6.07, 6.45) is 1.77. The minimum Gasteiger partial charge on any atom is -0.339 e. The second-order valence-electron chi connectivity index (χ2n) is 4.71. The Kier molecular flexibility index (Phi) is 6.20. The molecule has 1 aromatic carbocycles. The molecular weight excluding hydrogens is 289 g/mol. The standard InChI is InChI=1S/C15H20FN3OS/c1-3-12(17-4-2)9-15-18-14(19-20-15)10-21-13-7-5-11(16)6-8-13/h5-8,12,17H,3-4,9-10H2,1-2H3. The first kappa shape index (κ1) is 16.0. The Morgan fingerprint density at radius 2 is 2.05 bits per heavy atom. The van der Waals surface area contributed by atoms with Crippen LogP contribution in [0.2, 0.25) is 0 Å². The van der Waals surface area contributed by atoms with Crippen LogP contribution in [0.25, 0.3) is 0 Å². The molecule has 2 aromatic rings. The molecule has 0 aliphatic heterocycles. The molecule has 1 atom stereocenters. The quantitative estimate of drug-likeness (QED) is 0.757. The van der Waals surface area contributed by atoms with E-state index >= 15 is 0 Å². The summed E-state index contributed by atoms with van der Waals surface area (Å²) in [5, 5.41) is 7.37. The number of halogens is 1. The van der Waals surface area contributed by atoms with E-state index in [1.807, 2.05) is 0 Å². The second kappa shape index (κ2) is 8.14. The monoisotopic (exact) mass is 309 g/mol. The zero-order chi connectivity index (χ0) is 15.1. The van der Waals surface area contributed by atoms with E-state index in [-0.39, 0.29) is 5.82 Å². The Hall–Kier alpha value is -1.40. The van der Waals surface area contributed by atoms with Crippen LogP contribution >= 0.6 is 11.8 Å². The molecule has 0 aliphatic carbocycles. The Bertz CT molecular complexity index is 544. The molecule has 0 fully saturated rings. The average Bonchev–Trinajstić information content (AvgIpc) is 2.94. The Morgan fingerprint density at radius 1 is 1.29 bits per heavy atom. The number of benzene rings is 1. The summed E-state index contributed by atoms with van der Waals surface area (Å²) < 4.78 is 18.1. The second-order valence-corrected chi connectivity index (χ2v) is 5.76. The van der Waals surface area contributed by atoms with Crippen LogP contribution < -0.4 is 5.32 Å². The summed E-state index contributed by atoms with van der Waals surface area (Å²) in [4.78, 5) is 5.39. The molecule has 1 unspecified atom stereocenters. The lowest BCUT2D eigenvalue weighted by Gasteiger charge is -2.12. The first-order chi connectivity index (χ1) is 10.2. The molecular formula is C15H20FN3OS. The highest BCUT2D eigenvalue weighted by Crippen LogP contribution is 2.21. The zero-order valence-electron chi connectivity index (χ0n) is 12.3. The van der Waals surface area contributed by atoms with Crippen LogP contribution in [0.1, 0.15) is 32.0 Å². The molecule has 1 N–H and O–H groups in total. The average molecular weight is 309 g/mol. The number of hydrogen-bond acceptors (Lipinski definition) is 5. The van der Waals surface area contributed by atoms with Crippen molar-refractivity contribution in [2.45, 2.75) is 43.4 Å². The minimum absolute atomic E-state index is 0.227. The molecule has 21 heavy (non-hydrogen) atoms. The molecule has 0 aliphatic rings. The smallest absolute Gasteiger partial charge is 0.228 e. The van der Waals surface area contributed by atoms with Gasteiger partial charge in [-0.25, -0.2) is 4.39 Å². The summed E-state index contributed by atoms with van der Waals surface area (Å²) >= 11 is 1.56. The normalized spacial score (nSPS) is 12.5.